The van der Waals surface area contributed by atoms with Gasteiger partial charge in [0.25, 0.3) is 0 Å². The van der Waals surface area contributed by atoms with Gasteiger partial charge in [0, 0.05) is 11.1 Å². The van der Waals surface area contributed by atoms with Crippen LogP contribution in [0.15, 0.2) is 52.9 Å². The Morgan fingerprint density at radius 2 is 1.83 bits per heavy atom. The van der Waals surface area contributed by atoms with Gasteiger partial charge in [-0.15, -0.1) is 0 Å². The zero-order valence-corrected chi connectivity index (χ0v) is 16.4. The van der Waals surface area contributed by atoms with E-state index in [1.165, 1.54) is 14.0 Å². The molecule has 0 saturated heterocycles. The maximum absolute atomic E-state index is 12.1. The average Bonchev–Trinajstić information content (AvgIpc) is 3.11. The number of hydrogen-bond acceptors (Lipinski definition) is 7. The van der Waals surface area contributed by atoms with Crippen LogP contribution in [0.1, 0.15) is 28.7 Å². The number of aryl methyl sites for hydroxylation is 1. The molecule has 0 amide bonds. The summed E-state index contributed by atoms with van der Waals surface area (Å²) in [5.41, 5.74) is 1.88. The van der Waals surface area contributed by atoms with Crippen LogP contribution in [-0.4, -0.2) is 30.5 Å². The molecule has 0 radical (unpaired) electrons. The second-order valence-electron chi connectivity index (χ2n) is 6.26. The number of benzene rings is 2. The molecule has 0 N–H and O–H groups in total. The van der Waals surface area contributed by atoms with Gasteiger partial charge in [0.1, 0.15) is 18.1 Å². The van der Waals surface area contributed by atoms with Gasteiger partial charge in [0.05, 0.1) is 7.11 Å². The Bertz CT molecular complexity index is 1010. The molecule has 0 atom stereocenters. The van der Waals surface area contributed by atoms with Crippen LogP contribution in [0.5, 0.6) is 11.5 Å². The number of nitrogens with zero attached hydrogens (tertiary/aromatic N) is 1. The number of ether oxygens (including phenoxy) is 3. The van der Waals surface area contributed by atoms with E-state index in [1.54, 1.807) is 25.1 Å². The highest BCUT2D eigenvalue weighted by Gasteiger charge is 2.15. The first-order valence-corrected chi connectivity index (χ1v) is 8.97. The molecule has 0 aliphatic carbocycles. The van der Waals surface area contributed by atoms with Crippen molar-refractivity contribution in [2.45, 2.75) is 20.5 Å². The van der Waals surface area contributed by atoms with E-state index < -0.39 is 5.97 Å². The highest BCUT2D eigenvalue weighted by Crippen LogP contribution is 2.28. The molecular formula is C22H21NO6. The molecule has 0 unspecified atom stereocenters. The lowest BCUT2D eigenvalue weighted by molar-refractivity contribution is -0.147. The number of aromatic nitrogens is 1. The molecule has 1 heterocycles. The largest absolute Gasteiger partial charge is 0.493 e. The first-order chi connectivity index (χ1) is 14.0. The molecule has 3 rings (SSSR count). The van der Waals surface area contributed by atoms with Gasteiger partial charge in [-0.25, -0.2) is 9.78 Å². The number of methoxy groups -OCH3 is 1. The minimum atomic E-state index is -0.564. The van der Waals surface area contributed by atoms with Gasteiger partial charge in [0.15, 0.2) is 23.9 Å². The molecule has 0 aliphatic rings. The zero-order chi connectivity index (χ0) is 20.8. The van der Waals surface area contributed by atoms with Gasteiger partial charge in [-0.1, -0.05) is 18.2 Å². The van der Waals surface area contributed by atoms with Crippen molar-refractivity contribution in [1.82, 2.24) is 4.98 Å². The Labute approximate surface area is 168 Å². The second kappa shape index (κ2) is 9.05. The van der Waals surface area contributed by atoms with Crippen LogP contribution in [0.3, 0.4) is 0 Å². The summed E-state index contributed by atoms with van der Waals surface area (Å²) < 4.78 is 21.5. The fourth-order valence-electron chi connectivity index (χ4n) is 2.60. The van der Waals surface area contributed by atoms with Crippen molar-refractivity contribution < 1.29 is 28.2 Å². The van der Waals surface area contributed by atoms with Gasteiger partial charge in [0.2, 0.25) is 5.89 Å². The number of hydrogen-bond donors (Lipinski definition) is 0. The number of rotatable bonds is 8. The summed E-state index contributed by atoms with van der Waals surface area (Å²) in [4.78, 5) is 27.9. The Morgan fingerprint density at radius 3 is 2.52 bits per heavy atom. The van der Waals surface area contributed by atoms with Crippen LogP contribution in [0, 0.1) is 6.92 Å². The van der Waals surface area contributed by atoms with Crippen LogP contribution in [0.25, 0.3) is 11.5 Å². The summed E-state index contributed by atoms with van der Waals surface area (Å²) in [7, 11) is 1.46. The van der Waals surface area contributed by atoms with Crippen molar-refractivity contribution in [3.05, 3.63) is 65.5 Å². The van der Waals surface area contributed by atoms with Crippen LogP contribution >= 0.6 is 0 Å². The SMILES string of the molecule is COc1cc(C(C)=O)ccc1OCC(=O)OCc1nc(-c2ccccc2)oc1C. The molecule has 150 valence electrons. The van der Waals surface area contributed by atoms with Gasteiger partial charge < -0.3 is 18.6 Å². The Morgan fingerprint density at radius 1 is 1.07 bits per heavy atom. The van der Waals surface area contributed by atoms with Crippen molar-refractivity contribution in [2.75, 3.05) is 13.7 Å². The predicted octanol–water partition coefficient (Wildman–Crippen LogP) is 3.98. The third-order valence-corrected chi connectivity index (χ3v) is 4.20. The average molecular weight is 395 g/mol. The quantitative estimate of drug-likeness (QED) is 0.421. The summed E-state index contributed by atoms with van der Waals surface area (Å²) in [6.45, 7) is 2.89. The van der Waals surface area contributed by atoms with Gasteiger partial charge >= 0.3 is 5.97 Å². The summed E-state index contributed by atoms with van der Waals surface area (Å²) >= 11 is 0. The van der Waals surface area contributed by atoms with Crippen molar-refractivity contribution in [1.29, 1.82) is 0 Å². The molecule has 0 spiro atoms. The lowest BCUT2D eigenvalue weighted by Crippen LogP contribution is -2.15. The maximum Gasteiger partial charge on any atom is 0.344 e. The monoisotopic (exact) mass is 395 g/mol. The molecule has 0 saturated carbocycles. The van der Waals surface area contributed by atoms with E-state index in [4.69, 9.17) is 18.6 Å². The molecule has 1 aromatic heterocycles. The van der Waals surface area contributed by atoms with E-state index in [0.29, 0.717) is 34.4 Å². The van der Waals surface area contributed by atoms with E-state index in [0.717, 1.165) is 5.56 Å². The highest BCUT2D eigenvalue weighted by molar-refractivity contribution is 5.94. The fourth-order valence-corrected chi connectivity index (χ4v) is 2.60. The van der Waals surface area contributed by atoms with Crippen LogP contribution in [-0.2, 0) is 16.1 Å². The van der Waals surface area contributed by atoms with Crippen molar-refractivity contribution in [2.24, 2.45) is 0 Å². The van der Waals surface area contributed by atoms with Crippen molar-refractivity contribution >= 4 is 11.8 Å². The van der Waals surface area contributed by atoms with Crippen LogP contribution in [0.4, 0.5) is 0 Å². The lowest BCUT2D eigenvalue weighted by atomic mass is 10.1. The Hall–Kier alpha value is -3.61. The van der Waals surface area contributed by atoms with Gasteiger partial charge in [-0.3, -0.25) is 4.79 Å². The number of esters is 1. The highest BCUT2D eigenvalue weighted by atomic mass is 16.6. The van der Waals surface area contributed by atoms with Gasteiger partial charge in [-0.2, -0.15) is 0 Å². The Kier molecular flexibility index (Phi) is 6.29. The number of carbonyl (C=O) groups is 2. The summed E-state index contributed by atoms with van der Waals surface area (Å²) in [6, 6.07) is 14.2. The molecule has 0 aliphatic heterocycles. The first-order valence-electron chi connectivity index (χ1n) is 8.97. The number of oxazole rings is 1. The smallest absolute Gasteiger partial charge is 0.344 e. The summed E-state index contributed by atoms with van der Waals surface area (Å²) in [5.74, 6) is 1.11. The fraction of sp³-hybridized carbons (Fsp3) is 0.227. The van der Waals surface area contributed by atoms with E-state index in [-0.39, 0.29) is 19.0 Å². The summed E-state index contributed by atoms with van der Waals surface area (Å²) in [5, 5.41) is 0. The van der Waals surface area contributed by atoms with Gasteiger partial charge in [-0.05, 0) is 44.2 Å². The third-order valence-electron chi connectivity index (χ3n) is 4.20. The van der Waals surface area contributed by atoms with E-state index >= 15 is 0 Å². The molecule has 7 nitrogen and oxygen atoms in total. The molecule has 2 aromatic carbocycles. The maximum atomic E-state index is 12.1. The molecule has 0 fully saturated rings. The third kappa shape index (κ3) is 5.01. The zero-order valence-electron chi connectivity index (χ0n) is 16.4. The number of carbonyl (C=O) groups excluding carboxylic acids is 2. The lowest BCUT2D eigenvalue weighted by Gasteiger charge is -2.11. The van der Waals surface area contributed by atoms with E-state index in [9.17, 15) is 9.59 Å². The predicted molar refractivity (Wildman–Crippen MR) is 105 cm³/mol. The van der Waals surface area contributed by atoms with Crippen molar-refractivity contribution in [3.8, 4) is 23.0 Å². The van der Waals surface area contributed by atoms with E-state index in [1.807, 2.05) is 30.3 Å². The second-order valence-corrected chi connectivity index (χ2v) is 6.26. The van der Waals surface area contributed by atoms with Crippen LogP contribution in [0.2, 0.25) is 0 Å². The minimum absolute atomic E-state index is 0.0230. The Balaban J connectivity index is 1.57. The van der Waals surface area contributed by atoms with Crippen LogP contribution < -0.4 is 9.47 Å². The van der Waals surface area contributed by atoms with Crippen molar-refractivity contribution in [3.63, 3.8) is 0 Å². The standard InChI is InChI=1S/C22H21NO6/c1-14(24)17-9-10-19(20(11-17)26-3)27-13-21(25)28-12-18-15(2)29-22(23-18)16-7-5-4-6-8-16/h4-11H,12-13H2,1-3H3. The summed E-state index contributed by atoms with van der Waals surface area (Å²) in [6.07, 6.45) is 0. The topological polar surface area (TPSA) is 87.9 Å². The molecule has 29 heavy (non-hydrogen) atoms. The normalized spacial score (nSPS) is 10.4. The molecule has 3 aromatic rings. The number of ketones is 1. The first kappa shape index (κ1) is 20.1. The molecule has 7 heteroatoms. The molecule has 0 bridgehead atoms. The number of Topliss-reactive ketones (excluding diaryl/α,β-unsaturated/α-hetero) is 1. The minimum Gasteiger partial charge on any atom is -0.493 e. The molecular weight excluding hydrogens is 374 g/mol. The van der Waals surface area contributed by atoms with E-state index in [2.05, 4.69) is 4.98 Å².